The number of anilines is 1. The fourth-order valence-corrected chi connectivity index (χ4v) is 3.26. The molecule has 0 bridgehead atoms. The lowest BCUT2D eigenvalue weighted by molar-refractivity contribution is 0.337. The molecule has 6 nitrogen and oxygen atoms in total. The van der Waals surface area contributed by atoms with Crippen molar-refractivity contribution in [1.29, 1.82) is 0 Å². The number of halogens is 1. The van der Waals surface area contributed by atoms with Gasteiger partial charge in [-0.05, 0) is 31.2 Å². The molecule has 0 aliphatic rings. The summed E-state index contributed by atoms with van der Waals surface area (Å²) in [7, 11) is -2.12. The molecule has 0 atom stereocenters. The maximum absolute atomic E-state index is 12.3. The van der Waals surface area contributed by atoms with E-state index in [0.29, 0.717) is 18.0 Å². The molecule has 1 aromatic carbocycles. The van der Waals surface area contributed by atoms with Gasteiger partial charge in [-0.15, -0.1) is 11.6 Å². The molecule has 0 spiro atoms. The molecule has 0 aliphatic heterocycles. The van der Waals surface area contributed by atoms with Crippen LogP contribution in [0, 0.1) is 0 Å². The van der Waals surface area contributed by atoms with E-state index in [1.807, 2.05) is 6.92 Å². The van der Waals surface area contributed by atoms with Crippen molar-refractivity contribution in [3.63, 3.8) is 0 Å². The first kappa shape index (κ1) is 15.7. The number of nitrogens with zero attached hydrogens (tertiary/aromatic N) is 2. The highest BCUT2D eigenvalue weighted by Gasteiger charge is 2.18. The minimum absolute atomic E-state index is 0.0869. The van der Waals surface area contributed by atoms with Crippen LogP contribution in [0.25, 0.3) is 0 Å². The zero-order chi connectivity index (χ0) is 15.5. The summed E-state index contributed by atoms with van der Waals surface area (Å²) in [4.78, 5) is 0. The van der Waals surface area contributed by atoms with Gasteiger partial charge in [-0.2, -0.15) is 13.5 Å². The van der Waals surface area contributed by atoms with Crippen LogP contribution in [-0.2, 0) is 23.0 Å². The van der Waals surface area contributed by atoms with E-state index in [0.717, 1.165) is 5.56 Å². The van der Waals surface area contributed by atoms with Crippen LogP contribution in [0.15, 0.2) is 35.5 Å². The second-order valence-electron chi connectivity index (χ2n) is 4.29. The van der Waals surface area contributed by atoms with E-state index in [-0.39, 0.29) is 10.9 Å². The molecule has 0 unspecified atom stereocenters. The summed E-state index contributed by atoms with van der Waals surface area (Å²) in [6, 6.07) is 6.42. The van der Waals surface area contributed by atoms with Gasteiger partial charge in [0.2, 0.25) is 0 Å². The molecule has 0 saturated heterocycles. The van der Waals surface area contributed by atoms with Gasteiger partial charge in [-0.3, -0.25) is 9.40 Å². The zero-order valence-electron chi connectivity index (χ0n) is 11.7. The van der Waals surface area contributed by atoms with Crippen molar-refractivity contribution in [2.24, 2.45) is 7.05 Å². The molecule has 2 aromatic rings. The average molecular weight is 330 g/mol. The SMILES string of the molecule is CCOc1ccc(NS(=O)(=O)c2ccnn2C)cc1CCl. The number of rotatable bonds is 6. The summed E-state index contributed by atoms with van der Waals surface area (Å²) in [6.07, 6.45) is 1.43. The molecular formula is C13H16ClN3O3S. The summed E-state index contributed by atoms with van der Waals surface area (Å²) in [5.74, 6) is 0.882. The van der Waals surface area contributed by atoms with Gasteiger partial charge < -0.3 is 4.74 Å². The van der Waals surface area contributed by atoms with Gasteiger partial charge in [0.05, 0.1) is 18.7 Å². The molecule has 0 saturated carbocycles. The number of nitrogens with one attached hydrogen (secondary N) is 1. The number of benzene rings is 1. The van der Waals surface area contributed by atoms with Crippen LogP contribution in [-0.4, -0.2) is 24.8 Å². The van der Waals surface area contributed by atoms with E-state index < -0.39 is 10.0 Å². The Labute approximate surface area is 128 Å². The standard InChI is InChI=1S/C13H16ClN3O3S/c1-3-20-12-5-4-11(8-10(12)9-14)16-21(18,19)13-6-7-15-17(13)2/h4-8,16H,3,9H2,1-2H3. The maximum atomic E-state index is 12.3. The van der Waals surface area contributed by atoms with Crippen molar-refractivity contribution in [1.82, 2.24) is 9.78 Å². The molecule has 114 valence electrons. The Morgan fingerprint density at radius 2 is 2.14 bits per heavy atom. The second-order valence-corrected chi connectivity index (χ2v) is 6.18. The first-order valence-corrected chi connectivity index (χ1v) is 8.32. The number of aromatic nitrogens is 2. The van der Waals surface area contributed by atoms with Crippen molar-refractivity contribution in [2.45, 2.75) is 17.8 Å². The summed E-state index contributed by atoms with van der Waals surface area (Å²) in [6.45, 7) is 2.39. The third kappa shape index (κ3) is 3.48. The van der Waals surface area contributed by atoms with E-state index >= 15 is 0 Å². The third-order valence-electron chi connectivity index (χ3n) is 2.81. The van der Waals surface area contributed by atoms with Crippen LogP contribution in [0.5, 0.6) is 5.75 Å². The highest BCUT2D eigenvalue weighted by Crippen LogP contribution is 2.26. The van der Waals surface area contributed by atoms with Crippen LogP contribution >= 0.6 is 11.6 Å². The van der Waals surface area contributed by atoms with Gasteiger partial charge in [0, 0.05) is 18.3 Å². The summed E-state index contributed by atoms with van der Waals surface area (Å²) < 4.78 is 33.7. The number of sulfonamides is 1. The van der Waals surface area contributed by atoms with Crippen molar-refractivity contribution < 1.29 is 13.2 Å². The molecule has 2 rings (SSSR count). The van der Waals surface area contributed by atoms with Gasteiger partial charge in [0.15, 0.2) is 5.03 Å². The van der Waals surface area contributed by atoms with Crippen LogP contribution in [0.1, 0.15) is 12.5 Å². The van der Waals surface area contributed by atoms with Gasteiger partial charge in [0.25, 0.3) is 10.0 Å². The summed E-state index contributed by atoms with van der Waals surface area (Å²) in [5.41, 5.74) is 1.15. The molecule has 0 radical (unpaired) electrons. The summed E-state index contributed by atoms with van der Waals surface area (Å²) >= 11 is 5.86. The van der Waals surface area contributed by atoms with Crippen molar-refractivity contribution in [3.05, 3.63) is 36.0 Å². The monoisotopic (exact) mass is 329 g/mol. The topological polar surface area (TPSA) is 73.2 Å². The largest absolute Gasteiger partial charge is 0.494 e. The van der Waals surface area contributed by atoms with Crippen LogP contribution in [0.2, 0.25) is 0 Å². The van der Waals surface area contributed by atoms with E-state index in [2.05, 4.69) is 9.82 Å². The fraction of sp³-hybridized carbons (Fsp3) is 0.308. The molecule has 8 heteroatoms. The lowest BCUT2D eigenvalue weighted by Crippen LogP contribution is -2.16. The predicted molar refractivity (Wildman–Crippen MR) is 81.2 cm³/mol. The number of hydrogen-bond acceptors (Lipinski definition) is 4. The van der Waals surface area contributed by atoms with Gasteiger partial charge in [-0.1, -0.05) is 0 Å². The first-order valence-electron chi connectivity index (χ1n) is 6.30. The number of aryl methyl sites for hydroxylation is 1. The van der Waals surface area contributed by atoms with Crippen molar-refractivity contribution >= 4 is 27.3 Å². The Morgan fingerprint density at radius 1 is 1.38 bits per heavy atom. The molecule has 21 heavy (non-hydrogen) atoms. The number of ether oxygens (including phenoxy) is 1. The van der Waals surface area contributed by atoms with E-state index in [9.17, 15) is 8.42 Å². The zero-order valence-corrected chi connectivity index (χ0v) is 13.3. The van der Waals surface area contributed by atoms with Crippen LogP contribution in [0.4, 0.5) is 5.69 Å². The highest BCUT2D eigenvalue weighted by atomic mass is 35.5. The third-order valence-corrected chi connectivity index (χ3v) is 4.55. The Balaban J connectivity index is 2.30. The highest BCUT2D eigenvalue weighted by molar-refractivity contribution is 7.92. The lowest BCUT2D eigenvalue weighted by Gasteiger charge is -2.12. The van der Waals surface area contributed by atoms with Crippen LogP contribution in [0.3, 0.4) is 0 Å². The predicted octanol–water partition coefficient (Wildman–Crippen LogP) is 2.36. The quantitative estimate of drug-likeness (QED) is 0.826. The van der Waals surface area contributed by atoms with E-state index in [1.165, 1.54) is 16.9 Å². The van der Waals surface area contributed by atoms with E-state index in [4.69, 9.17) is 16.3 Å². The molecular weight excluding hydrogens is 314 g/mol. The Bertz CT molecular complexity index is 728. The second kappa shape index (κ2) is 6.36. The van der Waals surface area contributed by atoms with Gasteiger partial charge in [0.1, 0.15) is 5.75 Å². The number of alkyl halides is 1. The van der Waals surface area contributed by atoms with E-state index in [1.54, 1.807) is 25.2 Å². The van der Waals surface area contributed by atoms with Crippen molar-refractivity contribution in [2.75, 3.05) is 11.3 Å². The summed E-state index contributed by atoms with van der Waals surface area (Å²) in [5, 5.41) is 3.94. The van der Waals surface area contributed by atoms with Crippen LogP contribution < -0.4 is 9.46 Å². The molecule has 1 N–H and O–H groups in total. The lowest BCUT2D eigenvalue weighted by atomic mass is 10.2. The van der Waals surface area contributed by atoms with Gasteiger partial charge >= 0.3 is 0 Å². The molecule has 1 aromatic heterocycles. The maximum Gasteiger partial charge on any atom is 0.279 e. The minimum atomic E-state index is -3.68. The Morgan fingerprint density at radius 3 is 2.71 bits per heavy atom. The fourth-order valence-electron chi connectivity index (χ4n) is 1.88. The first-order chi connectivity index (χ1) is 9.97. The van der Waals surface area contributed by atoms with Gasteiger partial charge in [-0.25, -0.2) is 0 Å². The smallest absolute Gasteiger partial charge is 0.279 e. The Kier molecular flexibility index (Phi) is 4.74. The average Bonchev–Trinajstić information content (AvgIpc) is 2.87. The normalized spacial score (nSPS) is 11.4. The number of hydrogen-bond donors (Lipinski definition) is 1. The molecule has 0 fully saturated rings. The Hall–Kier alpha value is -1.73. The van der Waals surface area contributed by atoms with Crippen molar-refractivity contribution in [3.8, 4) is 5.75 Å². The minimum Gasteiger partial charge on any atom is -0.494 e. The molecule has 0 aliphatic carbocycles. The molecule has 0 amide bonds. The molecule has 1 heterocycles.